The number of amides is 1. The van der Waals surface area contributed by atoms with Gasteiger partial charge in [-0.1, -0.05) is 28.1 Å². The molecule has 7 nitrogen and oxygen atoms in total. The summed E-state index contributed by atoms with van der Waals surface area (Å²) in [7, 11) is 1.61. The van der Waals surface area contributed by atoms with E-state index in [1.807, 2.05) is 24.3 Å². The van der Waals surface area contributed by atoms with Crippen LogP contribution >= 0.6 is 28.3 Å². The summed E-state index contributed by atoms with van der Waals surface area (Å²) < 4.78 is 7.58. The lowest BCUT2D eigenvalue weighted by Gasteiger charge is -2.03. The molecule has 0 radical (unpaired) electrons. The van der Waals surface area contributed by atoms with Gasteiger partial charge in [0.15, 0.2) is 0 Å². The number of hydrogen-bond donors (Lipinski definition) is 2. The van der Waals surface area contributed by atoms with Gasteiger partial charge >= 0.3 is 0 Å². The molecule has 0 saturated heterocycles. The number of nitrogens with one attached hydrogen (secondary N) is 2. The maximum absolute atomic E-state index is 11.7. The molecule has 2 aromatic rings. The van der Waals surface area contributed by atoms with Crippen LogP contribution in [0.2, 0.25) is 0 Å². The monoisotopic (exact) mass is 403 g/mol. The molecule has 1 aromatic carbocycles. The highest BCUT2D eigenvalue weighted by Gasteiger charge is 2.06. The van der Waals surface area contributed by atoms with Gasteiger partial charge in [0, 0.05) is 18.1 Å². The van der Waals surface area contributed by atoms with Crippen LogP contribution < -0.4 is 10.6 Å². The number of carbonyl (C=O) groups is 1. The lowest BCUT2D eigenvalue weighted by molar-refractivity contribution is -0.115. The summed E-state index contributed by atoms with van der Waals surface area (Å²) in [6.07, 6.45) is 1.59. The van der Waals surface area contributed by atoms with Crippen LogP contribution in [0.3, 0.4) is 0 Å². The van der Waals surface area contributed by atoms with E-state index in [4.69, 9.17) is 4.74 Å². The first-order valence-corrected chi connectivity index (χ1v) is 7.60. The predicted molar refractivity (Wildman–Crippen MR) is 93.9 cm³/mol. The Kier molecular flexibility index (Phi) is 8.78. The molecule has 1 aromatic heterocycles. The number of methoxy groups -OCH3 is 1. The first kappa shape index (κ1) is 19.6. The molecule has 2 rings (SSSR count). The Bertz CT molecular complexity index is 623. The van der Waals surface area contributed by atoms with Gasteiger partial charge < -0.3 is 10.1 Å². The average Bonchev–Trinajstić information content (AvgIpc) is 2.91. The zero-order valence-electron chi connectivity index (χ0n) is 12.7. The predicted octanol–water partition coefficient (Wildman–Crippen LogP) is 1.69. The third-order valence-electron chi connectivity index (χ3n) is 2.79. The molecule has 0 spiro atoms. The van der Waals surface area contributed by atoms with Crippen LogP contribution in [0.15, 0.2) is 35.1 Å². The van der Waals surface area contributed by atoms with Crippen molar-refractivity contribution in [3.8, 4) is 0 Å². The number of ether oxygens (including phenoxy) is 1. The summed E-state index contributed by atoms with van der Waals surface area (Å²) in [5.41, 5.74) is 1.10. The first-order chi connectivity index (χ1) is 10.7. The van der Waals surface area contributed by atoms with E-state index >= 15 is 0 Å². The maximum Gasteiger partial charge on any atom is 0.248 e. The Labute approximate surface area is 149 Å². The van der Waals surface area contributed by atoms with Crippen LogP contribution in [-0.4, -0.2) is 47.5 Å². The number of anilines is 1. The number of aromatic nitrogens is 3. The minimum atomic E-state index is -0.184. The van der Waals surface area contributed by atoms with Crippen LogP contribution in [0.5, 0.6) is 0 Å². The molecule has 0 aliphatic carbocycles. The van der Waals surface area contributed by atoms with Crippen molar-refractivity contribution in [1.29, 1.82) is 0 Å². The van der Waals surface area contributed by atoms with Crippen molar-refractivity contribution in [2.45, 2.75) is 6.54 Å². The fourth-order valence-corrected chi connectivity index (χ4v) is 2.24. The Hall–Kier alpha value is -1.48. The number of carbonyl (C=O) groups excluding carboxylic acids is 1. The molecule has 0 saturated carbocycles. The summed E-state index contributed by atoms with van der Waals surface area (Å²) in [5, 5.41) is 9.82. The van der Waals surface area contributed by atoms with Gasteiger partial charge in [-0.25, -0.2) is 9.67 Å². The lowest BCUT2D eigenvalue weighted by atomic mass is 10.2. The number of nitrogens with zero attached hydrogens (tertiary/aromatic N) is 3. The molecule has 0 atom stereocenters. The van der Waals surface area contributed by atoms with Crippen LogP contribution in [-0.2, 0) is 16.1 Å². The zero-order valence-corrected chi connectivity index (χ0v) is 15.1. The van der Waals surface area contributed by atoms with E-state index in [-0.39, 0.29) is 24.9 Å². The smallest absolute Gasteiger partial charge is 0.248 e. The molecular formula is C14H19BrClN5O2. The van der Waals surface area contributed by atoms with E-state index in [0.717, 1.165) is 10.0 Å². The van der Waals surface area contributed by atoms with E-state index in [2.05, 4.69) is 36.6 Å². The Balaban J connectivity index is 0.00000264. The van der Waals surface area contributed by atoms with Gasteiger partial charge in [-0.2, -0.15) is 0 Å². The molecular weight excluding hydrogens is 386 g/mol. The van der Waals surface area contributed by atoms with E-state index in [1.165, 1.54) is 0 Å². The highest BCUT2D eigenvalue weighted by Crippen LogP contribution is 2.12. The van der Waals surface area contributed by atoms with Crippen molar-refractivity contribution in [1.82, 2.24) is 20.1 Å². The zero-order chi connectivity index (χ0) is 15.8. The number of rotatable bonds is 8. The van der Waals surface area contributed by atoms with Gasteiger partial charge in [0.25, 0.3) is 0 Å². The second kappa shape index (κ2) is 10.3. The van der Waals surface area contributed by atoms with Crippen LogP contribution in [0.25, 0.3) is 0 Å². The molecule has 0 fully saturated rings. The van der Waals surface area contributed by atoms with Gasteiger partial charge in [0.2, 0.25) is 11.9 Å². The third-order valence-corrected chi connectivity index (χ3v) is 3.28. The molecule has 23 heavy (non-hydrogen) atoms. The molecule has 1 heterocycles. The molecule has 1 amide bonds. The molecule has 0 aliphatic rings. The van der Waals surface area contributed by atoms with Crippen molar-refractivity contribution in [3.05, 3.63) is 40.6 Å². The Morgan fingerprint density at radius 1 is 1.43 bits per heavy atom. The van der Waals surface area contributed by atoms with E-state index < -0.39 is 0 Å². The second-order valence-electron chi connectivity index (χ2n) is 4.61. The summed E-state index contributed by atoms with van der Waals surface area (Å²) in [4.78, 5) is 15.8. The van der Waals surface area contributed by atoms with Gasteiger partial charge in [0.05, 0.1) is 19.7 Å². The minimum absolute atomic E-state index is 0. The SMILES string of the molecule is COCCNCC(=O)Nc1ncn(Cc2cccc(Br)c2)n1.Cl. The van der Waals surface area contributed by atoms with Crippen molar-refractivity contribution >= 4 is 40.2 Å². The van der Waals surface area contributed by atoms with Crippen LogP contribution in [0.1, 0.15) is 5.56 Å². The summed E-state index contributed by atoms with van der Waals surface area (Å²) in [6, 6.07) is 7.95. The molecule has 0 unspecified atom stereocenters. The maximum atomic E-state index is 11.7. The minimum Gasteiger partial charge on any atom is -0.383 e. The lowest BCUT2D eigenvalue weighted by Crippen LogP contribution is -2.30. The van der Waals surface area contributed by atoms with E-state index in [0.29, 0.717) is 25.6 Å². The number of halogens is 2. The normalized spacial score (nSPS) is 10.2. The van der Waals surface area contributed by atoms with Gasteiger partial charge in [-0.3, -0.25) is 10.1 Å². The van der Waals surface area contributed by atoms with Crippen LogP contribution in [0.4, 0.5) is 5.95 Å². The van der Waals surface area contributed by atoms with Gasteiger partial charge in [-0.15, -0.1) is 17.5 Å². The Morgan fingerprint density at radius 2 is 2.26 bits per heavy atom. The van der Waals surface area contributed by atoms with E-state index in [9.17, 15) is 4.79 Å². The topological polar surface area (TPSA) is 81.1 Å². The van der Waals surface area contributed by atoms with Crippen molar-refractivity contribution in [2.24, 2.45) is 0 Å². The van der Waals surface area contributed by atoms with Crippen molar-refractivity contribution in [2.75, 3.05) is 32.1 Å². The summed E-state index contributed by atoms with van der Waals surface area (Å²) >= 11 is 3.43. The molecule has 126 valence electrons. The number of hydrogen-bond acceptors (Lipinski definition) is 5. The molecule has 2 N–H and O–H groups in total. The standard InChI is InChI=1S/C14H18BrN5O2.ClH/c1-22-6-5-16-8-13(21)18-14-17-10-20(19-14)9-11-3-2-4-12(15)7-11;/h2-4,7,10,16H,5-6,8-9H2,1H3,(H,18,19,21);1H. The van der Waals surface area contributed by atoms with Crippen molar-refractivity contribution in [3.63, 3.8) is 0 Å². The fourth-order valence-electron chi connectivity index (χ4n) is 1.80. The molecule has 9 heteroatoms. The highest BCUT2D eigenvalue weighted by molar-refractivity contribution is 9.10. The van der Waals surface area contributed by atoms with Gasteiger partial charge in [-0.05, 0) is 17.7 Å². The number of benzene rings is 1. The average molecular weight is 405 g/mol. The van der Waals surface area contributed by atoms with Crippen molar-refractivity contribution < 1.29 is 9.53 Å². The Morgan fingerprint density at radius 3 is 3.00 bits per heavy atom. The largest absolute Gasteiger partial charge is 0.383 e. The summed E-state index contributed by atoms with van der Waals surface area (Å²) in [5.74, 6) is 0.116. The highest BCUT2D eigenvalue weighted by atomic mass is 79.9. The molecule has 0 aliphatic heterocycles. The first-order valence-electron chi connectivity index (χ1n) is 6.81. The van der Waals surface area contributed by atoms with Crippen LogP contribution in [0, 0.1) is 0 Å². The van der Waals surface area contributed by atoms with Gasteiger partial charge in [0.1, 0.15) is 6.33 Å². The third kappa shape index (κ3) is 7.08. The van der Waals surface area contributed by atoms with E-state index in [1.54, 1.807) is 18.1 Å². The quantitative estimate of drug-likeness (QED) is 0.654. The second-order valence-corrected chi connectivity index (χ2v) is 5.53. The molecule has 0 bridgehead atoms. The fraction of sp³-hybridized carbons (Fsp3) is 0.357. The summed E-state index contributed by atoms with van der Waals surface area (Å²) in [6.45, 7) is 1.97.